The molecule has 0 heterocycles. The minimum atomic E-state index is -0.253. The Kier molecular flexibility index (Phi) is 6.76. The number of amides is 2. The number of nitrogens with zero attached hydrogens (tertiary/aromatic N) is 1. The fourth-order valence-electron chi connectivity index (χ4n) is 1.61. The Bertz CT molecular complexity index is 468. The average molecular weight is 280 g/mol. The van der Waals surface area contributed by atoms with Gasteiger partial charge in [-0.2, -0.15) is 5.26 Å². The van der Waals surface area contributed by atoms with Crippen molar-refractivity contribution in [1.29, 1.82) is 5.26 Å². The Morgan fingerprint density at radius 1 is 1.37 bits per heavy atom. The number of halogens is 1. The average Bonchev–Trinajstić information content (AvgIpc) is 2.39. The van der Waals surface area contributed by atoms with Crippen LogP contribution in [-0.4, -0.2) is 12.6 Å². The van der Waals surface area contributed by atoms with Crippen LogP contribution in [0.2, 0.25) is 5.02 Å². The summed E-state index contributed by atoms with van der Waals surface area (Å²) >= 11 is 5.88. The number of carbonyl (C=O) groups excluding carboxylic acids is 1. The van der Waals surface area contributed by atoms with Gasteiger partial charge in [0.05, 0.1) is 10.6 Å². The summed E-state index contributed by atoms with van der Waals surface area (Å²) < 4.78 is 0. The van der Waals surface area contributed by atoms with Gasteiger partial charge in [-0.15, -0.1) is 0 Å². The molecule has 2 N–H and O–H groups in total. The van der Waals surface area contributed by atoms with E-state index < -0.39 is 0 Å². The zero-order chi connectivity index (χ0) is 14.1. The molecule has 0 spiro atoms. The van der Waals surface area contributed by atoms with Gasteiger partial charge in [0.15, 0.2) is 0 Å². The van der Waals surface area contributed by atoms with Crippen LogP contribution in [0.1, 0.15) is 38.2 Å². The summed E-state index contributed by atoms with van der Waals surface area (Å²) in [5, 5.41) is 14.5. The Morgan fingerprint density at radius 2 is 2.16 bits per heavy atom. The van der Waals surface area contributed by atoms with Crippen LogP contribution >= 0.6 is 11.6 Å². The van der Waals surface area contributed by atoms with Crippen LogP contribution in [0.3, 0.4) is 0 Å². The van der Waals surface area contributed by atoms with Crippen LogP contribution < -0.4 is 10.6 Å². The molecule has 0 bridgehead atoms. The minimum absolute atomic E-state index is 0.253. The fraction of sp³-hybridized carbons (Fsp3) is 0.429. The van der Waals surface area contributed by atoms with Crippen molar-refractivity contribution < 1.29 is 4.79 Å². The maximum absolute atomic E-state index is 11.6. The fourth-order valence-corrected chi connectivity index (χ4v) is 1.84. The van der Waals surface area contributed by atoms with Gasteiger partial charge in [0.25, 0.3) is 0 Å². The maximum atomic E-state index is 11.6. The van der Waals surface area contributed by atoms with Gasteiger partial charge >= 0.3 is 6.03 Å². The molecule has 0 saturated carbocycles. The summed E-state index contributed by atoms with van der Waals surface area (Å²) in [4.78, 5) is 11.6. The predicted octanol–water partition coefficient (Wildman–Crippen LogP) is 3.91. The van der Waals surface area contributed by atoms with Crippen molar-refractivity contribution in [2.24, 2.45) is 0 Å². The van der Waals surface area contributed by atoms with Crippen molar-refractivity contribution in [2.45, 2.75) is 32.6 Å². The van der Waals surface area contributed by atoms with Crippen molar-refractivity contribution in [3.63, 3.8) is 0 Å². The lowest BCUT2D eigenvalue weighted by Crippen LogP contribution is -2.29. The van der Waals surface area contributed by atoms with E-state index in [2.05, 4.69) is 17.6 Å². The first kappa shape index (κ1) is 15.3. The zero-order valence-corrected chi connectivity index (χ0v) is 11.8. The molecule has 102 valence electrons. The SMILES string of the molecule is CCCCCCNC(=O)Nc1ccc(C#N)c(Cl)c1. The lowest BCUT2D eigenvalue weighted by Gasteiger charge is -2.08. The van der Waals surface area contributed by atoms with Crippen LogP contribution in [-0.2, 0) is 0 Å². The summed E-state index contributed by atoms with van der Waals surface area (Å²) in [7, 11) is 0. The number of unbranched alkanes of at least 4 members (excludes halogenated alkanes) is 3. The first-order valence-corrected chi connectivity index (χ1v) is 6.79. The second kappa shape index (κ2) is 8.39. The number of rotatable bonds is 6. The van der Waals surface area contributed by atoms with E-state index in [0.29, 0.717) is 22.8 Å². The summed E-state index contributed by atoms with van der Waals surface area (Å²) in [6, 6.07) is 6.52. The number of nitrogens with one attached hydrogen (secondary N) is 2. The van der Waals surface area contributed by atoms with Gasteiger partial charge in [-0.1, -0.05) is 37.8 Å². The smallest absolute Gasteiger partial charge is 0.319 e. The van der Waals surface area contributed by atoms with Crippen LogP contribution in [0.5, 0.6) is 0 Å². The Morgan fingerprint density at radius 3 is 2.79 bits per heavy atom. The summed E-state index contributed by atoms with van der Waals surface area (Å²) in [6.07, 6.45) is 4.47. The first-order valence-electron chi connectivity index (χ1n) is 6.42. The molecule has 1 aromatic rings. The molecule has 1 aromatic carbocycles. The normalized spacial score (nSPS) is 9.74. The van der Waals surface area contributed by atoms with Crippen molar-refractivity contribution in [1.82, 2.24) is 5.32 Å². The third-order valence-corrected chi connectivity index (χ3v) is 2.98. The Hall–Kier alpha value is -1.73. The topological polar surface area (TPSA) is 64.9 Å². The van der Waals surface area contributed by atoms with Gasteiger partial charge in [-0.05, 0) is 24.6 Å². The van der Waals surface area contributed by atoms with Crippen molar-refractivity contribution in [2.75, 3.05) is 11.9 Å². The molecule has 2 amide bonds. The molecule has 0 radical (unpaired) electrons. The van der Waals surface area contributed by atoms with Crippen molar-refractivity contribution in [3.05, 3.63) is 28.8 Å². The largest absolute Gasteiger partial charge is 0.338 e. The number of carbonyl (C=O) groups is 1. The lowest BCUT2D eigenvalue weighted by molar-refractivity contribution is 0.252. The zero-order valence-electron chi connectivity index (χ0n) is 11.0. The summed E-state index contributed by atoms with van der Waals surface area (Å²) in [5.74, 6) is 0. The molecule has 0 saturated heterocycles. The van der Waals surface area contributed by atoms with Gasteiger partial charge in [-0.25, -0.2) is 4.79 Å². The quantitative estimate of drug-likeness (QED) is 0.775. The van der Waals surface area contributed by atoms with E-state index in [4.69, 9.17) is 16.9 Å². The molecule has 19 heavy (non-hydrogen) atoms. The number of nitriles is 1. The van der Waals surface area contributed by atoms with Crippen LogP contribution in [0.25, 0.3) is 0 Å². The van der Waals surface area contributed by atoms with E-state index in [1.165, 1.54) is 12.8 Å². The molecule has 0 atom stereocenters. The predicted molar refractivity (Wildman–Crippen MR) is 77.3 cm³/mol. The first-order chi connectivity index (χ1) is 9.17. The Labute approximate surface area is 118 Å². The molecule has 4 nitrogen and oxygen atoms in total. The molecule has 0 aliphatic heterocycles. The lowest BCUT2D eigenvalue weighted by atomic mass is 10.2. The van der Waals surface area contributed by atoms with E-state index in [0.717, 1.165) is 12.8 Å². The van der Waals surface area contributed by atoms with Gasteiger partial charge in [0.2, 0.25) is 0 Å². The standard InChI is InChI=1S/C14H18ClN3O/c1-2-3-4-5-8-17-14(19)18-12-7-6-11(10-16)13(15)9-12/h6-7,9H,2-5,8H2,1H3,(H2,17,18,19). The van der Waals surface area contributed by atoms with Crippen molar-refractivity contribution >= 4 is 23.3 Å². The van der Waals surface area contributed by atoms with Gasteiger partial charge in [-0.3, -0.25) is 0 Å². The number of anilines is 1. The Balaban J connectivity index is 2.36. The molecule has 1 rings (SSSR count). The second-order valence-corrected chi connectivity index (χ2v) is 4.66. The van der Waals surface area contributed by atoms with E-state index in [-0.39, 0.29) is 6.03 Å². The highest BCUT2D eigenvalue weighted by Gasteiger charge is 2.04. The highest BCUT2D eigenvalue weighted by atomic mass is 35.5. The summed E-state index contributed by atoms with van der Waals surface area (Å²) in [6.45, 7) is 2.81. The number of hydrogen-bond donors (Lipinski definition) is 2. The van der Waals surface area contributed by atoms with E-state index in [1.54, 1.807) is 18.2 Å². The monoisotopic (exact) mass is 279 g/mol. The van der Waals surface area contributed by atoms with E-state index in [1.807, 2.05) is 6.07 Å². The summed E-state index contributed by atoms with van der Waals surface area (Å²) in [5.41, 5.74) is 0.974. The number of benzene rings is 1. The van der Waals surface area contributed by atoms with E-state index >= 15 is 0 Å². The van der Waals surface area contributed by atoms with Crippen LogP contribution in [0, 0.1) is 11.3 Å². The molecule has 0 aliphatic carbocycles. The number of urea groups is 1. The van der Waals surface area contributed by atoms with E-state index in [9.17, 15) is 4.79 Å². The molecule has 0 aromatic heterocycles. The third-order valence-electron chi connectivity index (χ3n) is 2.66. The maximum Gasteiger partial charge on any atom is 0.319 e. The molecular weight excluding hydrogens is 262 g/mol. The molecule has 0 fully saturated rings. The highest BCUT2D eigenvalue weighted by Crippen LogP contribution is 2.19. The van der Waals surface area contributed by atoms with Crippen LogP contribution in [0.15, 0.2) is 18.2 Å². The van der Waals surface area contributed by atoms with Gasteiger partial charge < -0.3 is 10.6 Å². The van der Waals surface area contributed by atoms with Crippen LogP contribution in [0.4, 0.5) is 10.5 Å². The van der Waals surface area contributed by atoms with Gasteiger partial charge in [0, 0.05) is 12.2 Å². The molecule has 0 unspecified atom stereocenters. The third kappa shape index (κ3) is 5.62. The minimum Gasteiger partial charge on any atom is -0.338 e. The molecule has 0 aliphatic rings. The van der Waals surface area contributed by atoms with Crippen molar-refractivity contribution in [3.8, 4) is 6.07 Å². The van der Waals surface area contributed by atoms with Gasteiger partial charge in [0.1, 0.15) is 6.07 Å². The number of hydrogen-bond acceptors (Lipinski definition) is 2. The second-order valence-electron chi connectivity index (χ2n) is 4.25. The molecule has 5 heteroatoms. The molecular formula is C14H18ClN3O. The highest BCUT2D eigenvalue weighted by molar-refractivity contribution is 6.32.